The van der Waals surface area contributed by atoms with Gasteiger partial charge in [-0.3, -0.25) is 10.1 Å². The SMILES string of the molecule is O=C(O)/C=C/C[C@H](OC(=O)NC(=O)c1ccccc1)c1cc(Br)cc(Br)c1O. The Morgan fingerprint density at radius 1 is 1.14 bits per heavy atom. The molecule has 28 heavy (non-hydrogen) atoms. The van der Waals surface area contributed by atoms with Crippen molar-refractivity contribution in [3.05, 3.63) is 74.7 Å². The molecule has 2 aromatic rings. The number of ether oxygens (including phenoxy) is 1. The Kier molecular flexibility index (Phi) is 7.77. The van der Waals surface area contributed by atoms with E-state index >= 15 is 0 Å². The molecular formula is C19H15Br2NO6. The molecule has 2 amide bonds. The van der Waals surface area contributed by atoms with Crippen LogP contribution in [-0.2, 0) is 9.53 Å². The number of carboxylic acid groups (broad SMARTS) is 1. The molecule has 0 aliphatic rings. The first-order chi connectivity index (χ1) is 13.3. The lowest BCUT2D eigenvalue weighted by Gasteiger charge is -2.19. The molecule has 0 aliphatic heterocycles. The first-order valence-electron chi connectivity index (χ1n) is 7.92. The number of alkyl carbamates (subject to hydrolysis) is 1. The second-order valence-electron chi connectivity index (χ2n) is 5.52. The van der Waals surface area contributed by atoms with E-state index in [4.69, 9.17) is 9.84 Å². The Balaban J connectivity index is 2.21. The fourth-order valence-electron chi connectivity index (χ4n) is 2.28. The lowest BCUT2D eigenvalue weighted by Crippen LogP contribution is -2.32. The number of nitrogens with one attached hydrogen (secondary N) is 1. The molecule has 0 unspecified atom stereocenters. The third-order valence-electron chi connectivity index (χ3n) is 3.52. The van der Waals surface area contributed by atoms with E-state index in [2.05, 4.69) is 37.2 Å². The number of phenolic OH excluding ortho intramolecular Hbond substituents is 1. The summed E-state index contributed by atoms with van der Waals surface area (Å²) in [6.45, 7) is 0. The van der Waals surface area contributed by atoms with E-state index in [1.54, 1.807) is 24.3 Å². The minimum Gasteiger partial charge on any atom is -0.506 e. The molecule has 0 saturated carbocycles. The van der Waals surface area contributed by atoms with Crippen LogP contribution in [0.2, 0.25) is 0 Å². The van der Waals surface area contributed by atoms with Crippen LogP contribution in [-0.4, -0.2) is 28.2 Å². The van der Waals surface area contributed by atoms with E-state index in [1.807, 2.05) is 0 Å². The molecule has 146 valence electrons. The number of carboxylic acids is 1. The second kappa shape index (κ2) is 10.0. The van der Waals surface area contributed by atoms with Crippen molar-refractivity contribution in [1.82, 2.24) is 5.32 Å². The summed E-state index contributed by atoms with van der Waals surface area (Å²) in [6, 6.07) is 11.2. The number of imide groups is 1. The zero-order valence-electron chi connectivity index (χ0n) is 14.3. The Morgan fingerprint density at radius 3 is 2.46 bits per heavy atom. The Morgan fingerprint density at radius 2 is 1.82 bits per heavy atom. The maximum atomic E-state index is 12.2. The van der Waals surface area contributed by atoms with E-state index < -0.39 is 24.1 Å². The van der Waals surface area contributed by atoms with Crippen molar-refractivity contribution in [2.45, 2.75) is 12.5 Å². The van der Waals surface area contributed by atoms with Gasteiger partial charge < -0.3 is 14.9 Å². The normalized spacial score (nSPS) is 11.8. The highest BCUT2D eigenvalue weighted by Gasteiger charge is 2.22. The maximum absolute atomic E-state index is 12.2. The number of phenols is 1. The van der Waals surface area contributed by atoms with Gasteiger partial charge in [0.1, 0.15) is 11.9 Å². The fourth-order valence-corrected chi connectivity index (χ4v) is 3.53. The smallest absolute Gasteiger partial charge is 0.414 e. The third-order valence-corrected chi connectivity index (χ3v) is 4.58. The fraction of sp³-hybridized carbons (Fsp3) is 0.105. The van der Waals surface area contributed by atoms with Crippen molar-refractivity contribution in [2.75, 3.05) is 0 Å². The van der Waals surface area contributed by atoms with Gasteiger partial charge in [0.2, 0.25) is 0 Å². The first-order valence-corrected chi connectivity index (χ1v) is 9.51. The first kappa shape index (κ1) is 21.6. The molecule has 0 bridgehead atoms. The monoisotopic (exact) mass is 511 g/mol. The molecule has 9 heteroatoms. The summed E-state index contributed by atoms with van der Waals surface area (Å²) in [6.07, 6.45) is 0.0857. The van der Waals surface area contributed by atoms with E-state index in [9.17, 15) is 19.5 Å². The highest BCUT2D eigenvalue weighted by Crippen LogP contribution is 2.38. The number of halogens is 2. The van der Waals surface area contributed by atoms with Gasteiger partial charge in [-0.15, -0.1) is 0 Å². The number of benzene rings is 2. The largest absolute Gasteiger partial charge is 0.506 e. The average Bonchev–Trinajstić information content (AvgIpc) is 2.64. The number of aliphatic carboxylic acids is 1. The number of hydrogen-bond acceptors (Lipinski definition) is 5. The van der Waals surface area contributed by atoms with Crippen molar-refractivity contribution >= 4 is 49.8 Å². The van der Waals surface area contributed by atoms with E-state index in [0.29, 0.717) is 8.95 Å². The van der Waals surface area contributed by atoms with Crippen molar-refractivity contribution < 1.29 is 29.3 Å². The number of carbonyl (C=O) groups is 3. The molecule has 0 heterocycles. The third kappa shape index (κ3) is 6.21. The highest BCUT2D eigenvalue weighted by atomic mass is 79.9. The number of aromatic hydroxyl groups is 1. The van der Waals surface area contributed by atoms with Gasteiger partial charge in [0.05, 0.1) is 4.47 Å². The number of carbonyl (C=O) groups excluding carboxylic acids is 2. The van der Waals surface area contributed by atoms with Crippen LogP contribution in [0.4, 0.5) is 4.79 Å². The topological polar surface area (TPSA) is 113 Å². The van der Waals surface area contributed by atoms with E-state index in [-0.39, 0.29) is 23.3 Å². The molecule has 0 aliphatic carbocycles. The molecule has 7 nitrogen and oxygen atoms in total. The molecule has 2 aromatic carbocycles. The molecule has 3 N–H and O–H groups in total. The van der Waals surface area contributed by atoms with Crippen molar-refractivity contribution in [1.29, 1.82) is 0 Å². The summed E-state index contributed by atoms with van der Waals surface area (Å²) >= 11 is 6.47. The van der Waals surface area contributed by atoms with Gasteiger partial charge in [-0.2, -0.15) is 0 Å². The van der Waals surface area contributed by atoms with Gasteiger partial charge in [0.15, 0.2) is 0 Å². The van der Waals surface area contributed by atoms with Gasteiger partial charge in [-0.1, -0.05) is 40.2 Å². The summed E-state index contributed by atoms with van der Waals surface area (Å²) < 4.78 is 6.24. The summed E-state index contributed by atoms with van der Waals surface area (Å²) in [5.74, 6) is -1.98. The lowest BCUT2D eigenvalue weighted by molar-refractivity contribution is -0.131. The molecule has 0 spiro atoms. The van der Waals surface area contributed by atoms with Gasteiger partial charge >= 0.3 is 12.1 Å². The zero-order valence-corrected chi connectivity index (χ0v) is 17.4. The Labute approximate surface area is 177 Å². The Bertz CT molecular complexity index is 914. The maximum Gasteiger partial charge on any atom is 0.414 e. The van der Waals surface area contributed by atoms with Crippen LogP contribution in [0.1, 0.15) is 28.4 Å². The van der Waals surface area contributed by atoms with Crippen molar-refractivity contribution in [3.8, 4) is 5.75 Å². The van der Waals surface area contributed by atoms with Gasteiger partial charge in [0.25, 0.3) is 5.91 Å². The molecule has 0 fully saturated rings. The van der Waals surface area contributed by atoms with Crippen molar-refractivity contribution in [3.63, 3.8) is 0 Å². The summed E-state index contributed by atoms with van der Waals surface area (Å²) in [5.41, 5.74) is 0.508. The molecule has 0 aromatic heterocycles. The van der Waals surface area contributed by atoms with Crippen LogP contribution in [0.5, 0.6) is 5.75 Å². The zero-order chi connectivity index (χ0) is 20.7. The van der Waals surface area contributed by atoms with Crippen LogP contribution in [0, 0.1) is 0 Å². The van der Waals surface area contributed by atoms with Crippen LogP contribution in [0.15, 0.2) is 63.6 Å². The molecule has 0 saturated heterocycles. The van der Waals surface area contributed by atoms with E-state index in [0.717, 1.165) is 6.08 Å². The van der Waals surface area contributed by atoms with Crippen LogP contribution in [0.3, 0.4) is 0 Å². The average molecular weight is 513 g/mol. The van der Waals surface area contributed by atoms with Crippen LogP contribution >= 0.6 is 31.9 Å². The Hall–Kier alpha value is -2.65. The van der Waals surface area contributed by atoms with Gasteiger partial charge in [0, 0.05) is 28.1 Å². The van der Waals surface area contributed by atoms with Gasteiger partial charge in [-0.25, -0.2) is 9.59 Å². The lowest BCUT2D eigenvalue weighted by atomic mass is 10.0. The summed E-state index contributed by atoms with van der Waals surface area (Å²) in [5, 5.41) is 21.1. The summed E-state index contributed by atoms with van der Waals surface area (Å²) in [7, 11) is 0. The number of amides is 2. The predicted octanol–water partition coefficient (Wildman–Crippen LogP) is 4.56. The second-order valence-corrected chi connectivity index (χ2v) is 7.29. The predicted molar refractivity (Wildman–Crippen MR) is 108 cm³/mol. The van der Waals surface area contributed by atoms with Crippen LogP contribution < -0.4 is 5.32 Å². The quantitative estimate of drug-likeness (QED) is 0.489. The molecular weight excluding hydrogens is 498 g/mol. The minimum atomic E-state index is -1.16. The molecule has 0 radical (unpaired) electrons. The molecule has 2 rings (SSSR count). The summed E-state index contributed by atoms with van der Waals surface area (Å²) in [4.78, 5) is 35.0. The highest BCUT2D eigenvalue weighted by molar-refractivity contribution is 9.11. The van der Waals surface area contributed by atoms with E-state index in [1.165, 1.54) is 24.3 Å². The van der Waals surface area contributed by atoms with Crippen LogP contribution in [0.25, 0.3) is 0 Å². The standard InChI is InChI=1S/C19H15Br2NO6/c20-12-9-13(17(25)14(21)10-12)15(7-4-8-16(23)24)28-19(27)22-18(26)11-5-2-1-3-6-11/h1-6,8-10,15,25H,7H2,(H,23,24)(H,22,26,27)/b8-4+/t15-/m0/s1. The number of hydrogen-bond donors (Lipinski definition) is 3. The van der Waals surface area contributed by atoms with Gasteiger partial charge in [-0.05, 0) is 40.2 Å². The molecule has 1 atom stereocenters. The number of rotatable bonds is 6. The minimum absolute atomic E-state index is 0.0320. The van der Waals surface area contributed by atoms with Crippen molar-refractivity contribution in [2.24, 2.45) is 0 Å².